The van der Waals surface area contributed by atoms with Gasteiger partial charge in [0.15, 0.2) is 0 Å². The van der Waals surface area contributed by atoms with Gasteiger partial charge >= 0.3 is 0 Å². The van der Waals surface area contributed by atoms with Crippen molar-refractivity contribution in [2.24, 2.45) is 11.8 Å². The molecule has 0 aromatic heterocycles. The van der Waals surface area contributed by atoms with Crippen LogP contribution in [-0.4, -0.2) is 33.8 Å². The predicted molar refractivity (Wildman–Crippen MR) is 66.8 cm³/mol. The lowest BCUT2D eigenvalue weighted by molar-refractivity contribution is 0.359. The van der Waals surface area contributed by atoms with E-state index in [1.165, 1.54) is 19.1 Å². The summed E-state index contributed by atoms with van der Waals surface area (Å²) in [6.07, 6.45) is 4.74. The third kappa shape index (κ3) is 5.82. The van der Waals surface area contributed by atoms with E-state index >= 15 is 0 Å². The molecule has 1 fully saturated rings. The molecule has 0 radical (unpaired) electrons. The highest BCUT2D eigenvalue weighted by atomic mass is 32.2. The van der Waals surface area contributed by atoms with E-state index in [9.17, 15) is 8.42 Å². The van der Waals surface area contributed by atoms with Gasteiger partial charge in [-0.2, -0.15) is 0 Å². The molecule has 5 heteroatoms. The largest absolute Gasteiger partial charge is 0.313 e. The summed E-state index contributed by atoms with van der Waals surface area (Å²) < 4.78 is 24.1. The van der Waals surface area contributed by atoms with Crippen molar-refractivity contribution in [1.82, 2.24) is 10.0 Å². The maximum Gasteiger partial charge on any atom is 0.208 e. The summed E-state index contributed by atoms with van der Waals surface area (Å²) in [4.78, 5) is 0. The van der Waals surface area contributed by atoms with Crippen LogP contribution >= 0.6 is 0 Å². The Labute approximate surface area is 99.2 Å². The van der Waals surface area contributed by atoms with E-state index < -0.39 is 10.0 Å². The first-order chi connectivity index (χ1) is 7.40. The molecule has 1 atom stereocenters. The van der Waals surface area contributed by atoms with Crippen molar-refractivity contribution in [3.05, 3.63) is 0 Å². The molecule has 96 valence electrons. The van der Waals surface area contributed by atoms with E-state index in [1.807, 2.05) is 0 Å². The molecule has 0 heterocycles. The standard InChI is InChI=1S/C11H24N2O2S/c1-9(2)11(10-5-6-10)12-7-4-8-13-16(3,14)15/h9-13H,4-8H2,1-3H3. The van der Waals surface area contributed by atoms with Crippen LogP contribution in [0.1, 0.15) is 33.1 Å². The smallest absolute Gasteiger partial charge is 0.208 e. The maximum absolute atomic E-state index is 10.8. The summed E-state index contributed by atoms with van der Waals surface area (Å²) in [6.45, 7) is 5.90. The average molecular weight is 248 g/mol. The number of hydrogen-bond acceptors (Lipinski definition) is 3. The zero-order chi connectivity index (χ0) is 12.2. The van der Waals surface area contributed by atoms with Gasteiger partial charge in [-0.25, -0.2) is 13.1 Å². The summed E-state index contributed by atoms with van der Waals surface area (Å²) in [5, 5.41) is 3.53. The number of nitrogens with one attached hydrogen (secondary N) is 2. The molecule has 0 aliphatic heterocycles. The Kier molecular flexibility index (Phi) is 5.21. The summed E-state index contributed by atoms with van der Waals surface area (Å²) >= 11 is 0. The van der Waals surface area contributed by atoms with Crippen LogP contribution in [0.3, 0.4) is 0 Å². The summed E-state index contributed by atoms with van der Waals surface area (Å²) in [5.74, 6) is 1.51. The second kappa shape index (κ2) is 5.98. The molecule has 0 spiro atoms. The molecule has 1 aliphatic rings. The zero-order valence-corrected chi connectivity index (χ0v) is 11.3. The van der Waals surface area contributed by atoms with Gasteiger partial charge in [0.1, 0.15) is 0 Å². The minimum atomic E-state index is -3.02. The lowest BCUT2D eigenvalue weighted by Crippen LogP contribution is -2.37. The van der Waals surface area contributed by atoms with Gasteiger partial charge in [0, 0.05) is 12.6 Å². The second-order valence-corrected chi connectivity index (χ2v) is 6.91. The Bertz CT molecular complexity index is 295. The summed E-state index contributed by atoms with van der Waals surface area (Å²) in [6, 6.07) is 0.609. The van der Waals surface area contributed by atoms with Gasteiger partial charge in [-0.15, -0.1) is 0 Å². The molecule has 1 aliphatic carbocycles. The molecule has 0 aromatic rings. The van der Waals surface area contributed by atoms with Crippen molar-refractivity contribution in [2.75, 3.05) is 19.3 Å². The lowest BCUT2D eigenvalue weighted by Gasteiger charge is -2.22. The minimum absolute atomic E-state index is 0.529. The van der Waals surface area contributed by atoms with Crippen LogP contribution in [0.4, 0.5) is 0 Å². The van der Waals surface area contributed by atoms with Crippen LogP contribution in [0.5, 0.6) is 0 Å². The van der Waals surface area contributed by atoms with Crippen LogP contribution < -0.4 is 10.0 Å². The van der Waals surface area contributed by atoms with Gasteiger partial charge in [0.05, 0.1) is 6.26 Å². The fourth-order valence-electron chi connectivity index (χ4n) is 2.02. The molecule has 2 N–H and O–H groups in total. The third-order valence-electron chi connectivity index (χ3n) is 2.95. The first kappa shape index (κ1) is 13.9. The van der Waals surface area contributed by atoms with Crippen molar-refractivity contribution in [2.45, 2.75) is 39.2 Å². The molecule has 16 heavy (non-hydrogen) atoms. The number of hydrogen-bond donors (Lipinski definition) is 2. The highest BCUT2D eigenvalue weighted by molar-refractivity contribution is 7.88. The molecule has 1 rings (SSSR count). The second-order valence-electron chi connectivity index (χ2n) is 5.08. The van der Waals surface area contributed by atoms with Gasteiger partial charge in [-0.3, -0.25) is 0 Å². The molecule has 0 aromatic carbocycles. The van der Waals surface area contributed by atoms with Gasteiger partial charge in [-0.05, 0) is 37.6 Å². The van der Waals surface area contributed by atoms with Crippen LogP contribution in [0, 0.1) is 11.8 Å². The van der Waals surface area contributed by atoms with Crippen molar-refractivity contribution in [1.29, 1.82) is 0 Å². The molecule has 0 bridgehead atoms. The SMILES string of the molecule is CC(C)C(NCCCNS(C)(=O)=O)C1CC1. The van der Waals surface area contributed by atoms with Crippen molar-refractivity contribution >= 4 is 10.0 Å². The van der Waals surface area contributed by atoms with Crippen molar-refractivity contribution in [3.63, 3.8) is 0 Å². The summed E-state index contributed by atoms with van der Waals surface area (Å²) in [7, 11) is -3.02. The zero-order valence-electron chi connectivity index (χ0n) is 10.5. The Morgan fingerprint density at radius 2 is 1.88 bits per heavy atom. The van der Waals surface area contributed by atoms with E-state index in [2.05, 4.69) is 23.9 Å². The Hall–Kier alpha value is -0.130. The minimum Gasteiger partial charge on any atom is -0.313 e. The predicted octanol–water partition coefficient (Wildman–Crippen LogP) is 0.950. The molecule has 0 amide bonds. The van der Waals surface area contributed by atoms with E-state index in [0.29, 0.717) is 18.5 Å². The van der Waals surface area contributed by atoms with Crippen molar-refractivity contribution in [3.8, 4) is 0 Å². The molecule has 4 nitrogen and oxygen atoms in total. The monoisotopic (exact) mass is 248 g/mol. The highest BCUT2D eigenvalue weighted by Gasteiger charge is 2.32. The molecular weight excluding hydrogens is 224 g/mol. The molecule has 1 saturated carbocycles. The van der Waals surface area contributed by atoms with Gasteiger partial charge in [-0.1, -0.05) is 13.8 Å². The quantitative estimate of drug-likeness (QED) is 0.629. The highest BCUT2D eigenvalue weighted by Crippen LogP contribution is 2.35. The Morgan fingerprint density at radius 1 is 1.25 bits per heavy atom. The third-order valence-corrected chi connectivity index (χ3v) is 3.67. The van der Waals surface area contributed by atoms with E-state index in [-0.39, 0.29) is 0 Å². The number of sulfonamides is 1. The maximum atomic E-state index is 10.8. The fourth-order valence-corrected chi connectivity index (χ4v) is 2.53. The Morgan fingerprint density at radius 3 is 2.31 bits per heavy atom. The molecular formula is C11H24N2O2S. The van der Waals surface area contributed by atoms with Crippen LogP contribution in [0.25, 0.3) is 0 Å². The van der Waals surface area contributed by atoms with E-state index in [0.717, 1.165) is 18.9 Å². The van der Waals surface area contributed by atoms with E-state index in [1.54, 1.807) is 0 Å². The topological polar surface area (TPSA) is 58.2 Å². The van der Waals surface area contributed by atoms with Crippen LogP contribution in [-0.2, 0) is 10.0 Å². The number of rotatable bonds is 8. The molecule has 1 unspecified atom stereocenters. The molecule has 0 saturated heterocycles. The first-order valence-electron chi connectivity index (χ1n) is 6.08. The Balaban J connectivity index is 2.09. The lowest BCUT2D eigenvalue weighted by atomic mass is 9.99. The van der Waals surface area contributed by atoms with Gasteiger partial charge < -0.3 is 5.32 Å². The van der Waals surface area contributed by atoms with E-state index in [4.69, 9.17) is 0 Å². The normalized spacial score (nSPS) is 19.0. The van der Waals surface area contributed by atoms with Gasteiger partial charge in [0.2, 0.25) is 10.0 Å². The van der Waals surface area contributed by atoms with Crippen LogP contribution in [0.15, 0.2) is 0 Å². The average Bonchev–Trinajstić information content (AvgIpc) is 2.91. The first-order valence-corrected chi connectivity index (χ1v) is 7.97. The fraction of sp³-hybridized carbons (Fsp3) is 1.00. The summed E-state index contributed by atoms with van der Waals surface area (Å²) in [5.41, 5.74) is 0. The van der Waals surface area contributed by atoms with Gasteiger partial charge in [0.25, 0.3) is 0 Å². The van der Waals surface area contributed by atoms with Crippen LogP contribution in [0.2, 0.25) is 0 Å². The van der Waals surface area contributed by atoms with Crippen molar-refractivity contribution < 1.29 is 8.42 Å².